The van der Waals surface area contributed by atoms with Crippen LogP contribution in [0.15, 0.2) is 22.7 Å². The standard InChI is InChI=1S/C17H25BrFN/c1-2-11-20-17(13-7-5-3-4-6-8-13)14-9-10-15(18)16(19)12-14/h9-10,12-13,17,20H,2-8,11H2,1H3. The van der Waals surface area contributed by atoms with E-state index in [1.165, 1.54) is 38.5 Å². The molecule has 1 fully saturated rings. The van der Waals surface area contributed by atoms with Crippen molar-refractivity contribution < 1.29 is 4.39 Å². The maximum atomic E-state index is 13.8. The maximum Gasteiger partial charge on any atom is 0.137 e. The molecule has 1 N–H and O–H groups in total. The summed E-state index contributed by atoms with van der Waals surface area (Å²) in [6, 6.07) is 5.89. The summed E-state index contributed by atoms with van der Waals surface area (Å²) in [5.41, 5.74) is 1.10. The molecule has 0 aromatic heterocycles. The molecular weight excluding hydrogens is 317 g/mol. The number of hydrogen-bond donors (Lipinski definition) is 1. The summed E-state index contributed by atoms with van der Waals surface area (Å²) < 4.78 is 14.4. The van der Waals surface area contributed by atoms with Gasteiger partial charge in [0.25, 0.3) is 0 Å². The minimum absolute atomic E-state index is 0.153. The van der Waals surface area contributed by atoms with Crippen LogP contribution >= 0.6 is 15.9 Å². The fourth-order valence-electron chi connectivity index (χ4n) is 3.21. The Morgan fingerprint density at radius 3 is 2.55 bits per heavy atom. The van der Waals surface area contributed by atoms with Crippen LogP contribution in [-0.2, 0) is 0 Å². The molecule has 1 unspecified atom stereocenters. The first-order valence-electron chi connectivity index (χ1n) is 7.90. The summed E-state index contributed by atoms with van der Waals surface area (Å²) in [7, 11) is 0. The second-order valence-corrected chi connectivity index (χ2v) is 6.71. The van der Waals surface area contributed by atoms with Crippen molar-refractivity contribution in [1.29, 1.82) is 0 Å². The van der Waals surface area contributed by atoms with Crippen LogP contribution in [0.1, 0.15) is 63.5 Å². The van der Waals surface area contributed by atoms with Crippen molar-refractivity contribution in [2.45, 2.75) is 57.9 Å². The van der Waals surface area contributed by atoms with E-state index in [1.807, 2.05) is 6.07 Å². The van der Waals surface area contributed by atoms with Crippen LogP contribution in [0.2, 0.25) is 0 Å². The highest BCUT2D eigenvalue weighted by Gasteiger charge is 2.24. The average molecular weight is 342 g/mol. The summed E-state index contributed by atoms with van der Waals surface area (Å²) in [6.45, 7) is 3.18. The average Bonchev–Trinajstić information content (AvgIpc) is 2.72. The van der Waals surface area contributed by atoms with E-state index in [4.69, 9.17) is 0 Å². The van der Waals surface area contributed by atoms with E-state index >= 15 is 0 Å². The molecule has 112 valence electrons. The van der Waals surface area contributed by atoms with Gasteiger partial charge >= 0.3 is 0 Å². The molecule has 0 heterocycles. The van der Waals surface area contributed by atoms with Crippen molar-refractivity contribution >= 4 is 15.9 Å². The lowest BCUT2D eigenvalue weighted by molar-refractivity contribution is 0.325. The van der Waals surface area contributed by atoms with Gasteiger partial charge in [0.1, 0.15) is 5.82 Å². The third-order valence-electron chi connectivity index (χ3n) is 4.29. The van der Waals surface area contributed by atoms with E-state index in [0.717, 1.165) is 18.5 Å². The Kier molecular flexibility index (Phi) is 6.50. The van der Waals surface area contributed by atoms with Crippen LogP contribution in [-0.4, -0.2) is 6.54 Å². The third kappa shape index (κ3) is 4.29. The van der Waals surface area contributed by atoms with Crippen molar-refractivity contribution in [3.05, 3.63) is 34.1 Å². The maximum absolute atomic E-state index is 13.8. The molecule has 1 nitrogen and oxygen atoms in total. The molecule has 1 aromatic rings. The predicted molar refractivity (Wildman–Crippen MR) is 86.3 cm³/mol. The Hall–Kier alpha value is -0.410. The number of halogens is 2. The monoisotopic (exact) mass is 341 g/mol. The van der Waals surface area contributed by atoms with E-state index in [2.05, 4.69) is 34.2 Å². The Labute approximate surface area is 130 Å². The molecule has 0 radical (unpaired) electrons. The number of nitrogens with one attached hydrogen (secondary N) is 1. The van der Waals surface area contributed by atoms with E-state index < -0.39 is 0 Å². The molecule has 1 aromatic carbocycles. The minimum atomic E-state index is -0.153. The molecule has 0 saturated heterocycles. The van der Waals surface area contributed by atoms with Crippen molar-refractivity contribution in [3.8, 4) is 0 Å². The minimum Gasteiger partial charge on any atom is -0.310 e. The van der Waals surface area contributed by atoms with Crippen molar-refractivity contribution in [3.63, 3.8) is 0 Å². The first-order valence-corrected chi connectivity index (χ1v) is 8.70. The van der Waals surface area contributed by atoms with E-state index in [-0.39, 0.29) is 5.82 Å². The van der Waals surface area contributed by atoms with Crippen LogP contribution in [0.5, 0.6) is 0 Å². The van der Waals surface area contributed by atoms with Gasteiger partial charge < -0.3 is 5.32 Å². The summed E-state index contributed by atoms with van der Waals surface area (Å²) >= 11 is 3.24. The third-order valence-corrected chi connectivity index (χ3v) is 4.93. The first kappa shape index (κ1) is 16.0. The molecule has 0 aliphatic heterocycles. The molecule has 1 aliphatic rings. The SMILES string of the molecule is CCCNC(c1ccc(Br)c(F)c1)C1CCCCCC1. The van der Waals surface area contributed by atoms with Crippen LogP contribution in [0.4, 0.5) is 4.39 Å². The van der Waals surface area contributed by atoms with Gasteiger partial charge in [-0.3, -0.25) is 0 Å². The second-order valence-electron chi connectivity index (χ2n) is 5.86. The highest BCUT2D eigenvalue weighted by atomic mass is 79.9. The number of rotatable bonds is 5. The van der Waals surface area contributed by atoms with Gasteiger partial charge in [0.05, 0.1) is 4.47 Å². The second kappa shape index (κ2) is 8.14. The lowest BCUT2D eigenvalue weighted by Gasteiger charge is -2.28. The van der Waals surface area contributed by atoms with Crippen molar-refractivity contribution in [2.75, 3.05) is 6.54 Å². The highest BCUT2D eigenvalue weighted by molar-refractivity contribution is 9.10. The van der Waals surface area contributed by atoms with Crippen LogP contribution in [0, 0.1) is 11.7 Å². The zero-order chi connectivity index (χ0) is 14.4. The lowest BCUT2D eigenvalue weighted by Crippen LogP contribution is -2.29. The Bertz CT molecular complexity index is 413. The van der Waals surface area contributed by atoms with Gasteiger partial charge in [0.15, 0.2) is 0 Å². The summed E-state index contributed by atoms with van der Waals surface area (Å²) in [5, 5.41) is 3.65. The molecule has 0 bridgehead atoms. The van der Waals surface area contributed by atoms with Gasteiger partial charge in [0.2, 0.25) is 0 Å². The largest absolute Gasteiger partial charge is 0.310 e. The Morgan fingerprint density at radius 1 is 1.25 bits per heavy atom. The zero-order valence-electron chi connectivity index (χ0n) is 12.3. The Balaban J connectivity index is 2.18. The van der Waals surface area contributed by atoms with E-state index in [0.29, 0.717) is 16.4 Å². The molecule has 1 saturated carbocycles. The summed E-state index contributed by atoms with van der Waals surface area (Å²) in [6.07, 6.45) is 8.97. The van der Waals surface area contributed by atoms with Crippen LogP contribution in [0.3, 0.4) is 0 Å². The molecule has 1 aliphatic carbocycles. The van der Waals surface area contributed by atoms with Gasteiger partial charge in [-0.15, -0.1) is 0 Å². The van der Waals surface area contributed by atoms with Gasteiger partial charge in [-0.2, -0.15) is 0 Å². The topological polar surface area (TPSA) is 12.0 Å². The van der Waals surface area contributed by atoms with Gasteiger partial charge in [-0.1, -0.05) is 38.7 Å². The zero-order valence-corrected chi connectivity index (χ0v) is 13.9. The number of hydrogen-bond acceptors (Lipinski definition) is 1. The highest BCUT2D eigenvalue weighted by Crippen LogP contribution is 2.34. The van der Waals surface area contributed by atoms with Crippen molar-refractivity contribution in [1.82, 2.24) is 5.32 Å². The fourth-order valence-corrected chi connectivity index (χ4v) is 3.45. The normalized spacial score (nSPS) is 18.8. The molecule has 1 atom stereocenters. The Morgan fingerprint density at radius 2 is 1.95 bits per heavy atom. The predicted octanol–water partition coefficient (Wildman–Crippen LogP) is 5.60. The molecule has 20 heavy (non-hydrogen) atoms. The fraction of sp³-hybridized carbons (Fsp3) is 0.647. The van der Waals surface area contributed by atoms with Crippen LogP contribution in [0.25, 0.3) is 0 Å². The van der Waals surface area contributed by atoms with Gasteiger partial charge in [-0.25, -0.2) is 4.39 Å². The lowest BCUT2D eigenvalue weighted by atomic mass is 9.87. The van der Waals surface area contributed by atoms with E-state index in [9.17, 15) is 4.39 Å². The molecule has 0 spiro atoms. The molecule has 0 amide bonds. The summed E-state index contributed by atoms with van der Waals surface area (Å²) in [4.78, 5) is 0. The van der Waals surface area contributed by atoms with Crippen molar-refractivity contribution in [2.24, 2.45) is 5.92 Å². The van der Waals surface area contributed by atoms with Crippen LogP contribution < -0.4 is 5.32 Å². The van der Waals surface area contributed by atoms with E-state index in [1.54, 1.807) is 6.07 Å². The first-order chi connectivity index (χ1) is 9.72. The quantitative estimate of drug-likeness (QED) is 0.687. The van der Waals surface area contributed by atoms with Gasteiger partial charge in [-0.05, 0) is 65.4 Å². The summed E-state index contributed by atoms with van der Waals surface area (Å²) in [5.74, 6) is 0.490. The number of benzene rings is 1. The molecular formula is C17H25BrFN. The molecule has 2 rings (SSSR count). The smallest absolute Gasteiger partial charge is 0.137 e. The molecule has 3 heteroatoms. The van der Waals surface area contributed by atoms with Gasteiger partial charge in [0, 0.05) is 6.04 Å².